The Morgan fingerprint density at radius 2 is 1.00 bits per heavy atom. The minimum Gasteiger partial charge on any atom is -0.422 e. The van der Waals surface area contributed by atoms with Crippen LogP contribution in [0.2, 0.25) is 0 Å². The summed E-state index contributed by atoms with van der Waals surface area (Å²) in [5, 5.41) is 0. The Balaban J connectivity index is 3.52. The molecule has 2 heteroatoms. The summed E-state index contributed by atoms with van der Waals surface area (Å²) < 4.78 is 6.10. The summed E-state index contributed by atoms with van der Waals surface area (Å²) in [6, 6.07) is 0. The van der Waals surface area contributed by atoms with Gasteiger partial charge in [-0.15, -0.1) is 0 Å². The first-order chi connectivity index (χ1) is 12.7. The van der Waals surface area contributed by atoms with Crippen LogP contribution in [0.3, 0.4) is 0 Å². The second-order valence-corrected chi connectivity index (χ2v) is 8.87. The molecule has 0 aliphatic carbocycles. The Kier molecular flexibility index (Phi) is 18.7. The van der Waals surface area contributed by atoms with Crippen molar-refractivity contribution >= 4 is 10.5 Å². The minimum absolute atomic E-state index is 0.192. The van der Waals surface area contributed by atoms with Gasteiger partial charge in [-0.3, -0.25) is 0 Å². The van der Waals surface area contributed by atoms with E-state index in [0.29, 0.717) is 0 Å². The van der Waals surface area contributed by atoms with Gasteiger partial charge in [-0.2, -0.15) is 0 Å². The van der Waals surface area contributed by atoms with Gasteiger partial charge in [-0.25, -0.2) is 0 Å². The standard InChI is InChI=1S/C24H52OSi/c1-5-9-10-11-12-13-14-15-16-17-18-19-20-21-22-23(6-2)24(7-3,8-4)25-26/h23H,5-22H2,1-4,26H3. The topological polar surface area (TPSA) is 9.23 Å². The van der Waals surface area contributed by atoms with Crippen LogP contribution in [0.1, 0.15) is 143 Å². The van der Waals surface area contributed by atoms with Crippen LogP contribution in [0.25, 0.3) is 0 Å². The molecule has 0 aromatic heterocycles. The van der Waals surface area contributed by atoms with E-state index < -0.39 is 0 Å². The third kappa shape index (κ3) is 11.8. The summed E-state index contributed by atoms with van der Waals surface area (Å²) in [6.45, 7) is 9.28. The van der Waals surface area contributed by atoms with Crippen LogP contribution in [0.15, 0.2) is 0 Å². The first-order valence-electron chi connectivity index (χ1n) is 12.3. The average molecular weight is 385 g/mol. The molecular formula is C24H52OSi. The van der Waals surface area contributed by atoms with Gasteiger partial charge < -0.3 is 4.43 Å². The lowest BCUT2D eigenvalue weighted by molar-refractivity contribution is 0.000452. The fraction of sp³-hybridized carbons (Fsp3) is 1.00. The van der Waals surface area contributed by atoms with Gasteiger partial charge in [0.25, 0.3) is 0 Å². The monoisotopic (exact) mass is 384 g/mol. The van der Waals surface area contributed by atoms with Gasteiger partial charge in [-0.1, -0.05) is 124 Å². The second-order valence-electron chi connectivity index (χ2n) is 8.47. The largest absolute Gasteiger partial charge is 0.422 e. The van der Waals surface area contributed by atoms with E-state index in [9.17, 15) is 0 Å². The van der Waals surface area contributed by atoms with Crippen LogP contribution in [-0.2, 0) is 4.43 Å². The molecule has 1 unspecified atom stereocenters. The Morgan fingerprint density at radius 3 is 1.31 bits per heavy atom. The van der Waals surface area contributed by atoms with Gasteiger partial charge in [0.05, 0.1) is 5.60 Å². The molecular weight excluding hydrogens is 332 g/mol. The van der Waals surface area contributed by atoms with Gasteiger partial charge in [0.1, 0.15) is 10.5 Å². The van der Waals surface area contributed by atoms with E-state index in [1.54, 1.807) is 0 Å². The van der Waals surface area contributed by atoms with E-state index in [2.05, 4.69) is 27.7 Å². The molecule has 0 aliphatic heterocycles. The van der Waals surface area contributed by atoms with Gasteiger partial charge in [0.2, 0.25) is 0 Å². The van der Waals surface area contributed by atoms with Crippen molar-refractivity contribution < 1.29 is 4.43 Å². The first kappa shape index (κ1) is 26.2. The third-order valence-electron chi connectivity index (χ3n) is 6.75. The van der Waals surface area contributed by atoms with Gasteiger partial charge >= 0.3 is 0 Å². The third-order valence-corrected chi connectivity index (χ3v) is 7.56. The van der Waals surface area contributed by atoms with Crippen molar-refractivity contribution in [2.24, 2.45) is 5.92 Å². The van der Waals surface area contributed by atoms with E-state index in [-0.39, 0.29) is 5.60 Å². The fourth-order valence-electron chi connectivity index (χ4n) is 4.71. The average Bonchev–Trinajstić information content (AvgIpc) is 2.68. The van der Waals surface area contributed by atoms with Crippen LogP contribution in [0.5, 0.6) is 0 Å². The number of hydrogen-bond donors (Lipinski definition) is 0. The highest BCUT2D eigenvalue weighted by Gasteiger charge is 2.33. The van der Waals surface area contributed by atoms with Crippen molar-refractivity contribution in [3.63, 3.8) is 0 Å². The molecule has 0 saturated heterocycles. The molecule has 0 aliphatic rings. The summed E-state index contributed by atoms with van der Waals surface area (Å²) >= 11 is 0. The molecule has 0 amide bonds. The lowest BCUT2D eigenvalue weighted by atomic mass is 9.78. The zero-order valence-electron chi connectivity index (χ0n) is 19.2. The summed E-state index contributed by atoms with van der Waals surface area (Å²) in [7, 11) is 0.879. The van der Waals surface area contributed by atoms with E-state index in [1.165, 1.54) is 116 Å². The van der Waals surface area contributed by atoms with Crippen molar-refractivity contribution in [2.45, 2.75) is 149 Å². The van der Waals surface area contributed by atoms with Crippen molar-refractivity contribution in [1.82, 2.24) is 0 Å². The van der Waals surface area contributed by atoms with Crippen molar-refractivity contribution in [3.05, 3.63) is 0 Å². The smallest absolute Gasteiger partial charge is 0.146 e. The highest BCUT2D eigenvalue weighted by Crippen LogP contribution is 2.35. The predicted octanol–water partition coefficient (Wildman–Crippen LogP) is 7.74. The highest BCUT2D eigenvalue weighted by atomic mass is 28.2. The van der Waals surface area contributed by atoms with Crippen LogP contribution >= 0.6 is 0 Å². The van der Waals surface area contributed by atoms with Crippen LogP contribution in [-0.4, -0.2) is 16.1 Å². The molecule has 0 saturated carbocycles. The zero-order valence-corrected chi connectivity index (χ0v) is 21.2. The lowest BCUT2D eigenvalue weighted by Gasteiger charge is -2.39. The summed E-state index contributed by atoms with van der Waals surface area (Å²) in [6.07, 6.45) is 25.3. The maximum absolute atomic E-state index is 6.10. The molecule has 0 aromatic carbocycles. The molecule has 0 rings (SSSR count). The van der Waals surface area contributed by atoms with Crippen LogP contribution < -0.4 is 0 Å². The Bertz CT molecular complexity index is 267. The Hall–Kier alpha value is 0.177. The number of rotatable bonds is 20. The summed E-state index contributed by atoms with van der Waals surface area (Å²) in [5.41, 5.74) is 0.192. The number of unbranched alkanes of at least 4 members (excludes halogenated alkanes) is 13. The SMILES string of the molecule is CCCCCCCCCCCCCCCCC(CC)C(CC)(CC)O[SiH3]. The molecule has 0 heterocycles. The van der Waals surface area contributed by atoms with E-state index >= 15 is 0 Å². The molecule has 0 fully saturated rings. The van der Waals surface area contributed by atoms with Crippen LogP contribution in [0.4, 0.5) is 0 Å². The second kappa shape index (κ2) is 18.5. The van der Waals surface area contributed by atoms with Gasteiger partial charge in [0, 0.05) is 0 Å². The molecule has 1 atom stereocenters. The van der Waals surface area contributed by atoms with Crippen molar-refractivity contribution in [1.29, 1.82) is 0 Å². The molecule has 1 nitrogen and oxygen atoms in total. The fourth-order valence-corrected chi connectivity index (χ4v) is 5.62. The lowest BCUT2D eigenvalue weighted by Crippen LogP contribution is -2.39. The molecule has 0 spiro atoms. The zero-order chi connectivity index (χ0) is 19.5. The highest BCUT2D eigenvalue weighted by molar-refractivity contribution is 5.98. The van der Waals surface area contributed by atoms with Gasteiger partial charge in [0.15, 0.2) is 0 Å². The molecule has 0 bridgehead atoms. The predicted molar refractivity (Wildman–Crippen MR) is 123 cm³/mol. The Morgan fingerprint density at radius 1 is 0.615 bits per heavy atom. The summed E-state index contributed by atoms with van der Waals surface area (Å²) in [5.74, 6) is 0.771. The molecule has 0 aromatic rings. The minimum atomic E-state index is 0.192. The summed E-state index contributed by atoms with van der Waals surface area (Å²) in [4.78, 5) is 0. The molecule has 26 heavy (non-hydrogen) atoms. The molecule has 0 radical (unpaired) electrons. The first-order valence-corrected chi connectivity index (χ1v) is 13.1. The van der Waals surface area contributed by atoms with Crippen molar-refractivity contribution in [2.75, 3.05) is 0 Å². The van der Waals surface area contributed by atoms with Crippen molar-refractivity contribution in [3.8, 4) is 0 Å². The maximum atomic E-state index is 6.10. The van der Waals surface area contributed by atoms with E-state index in [0.717, 1.165) is 16.4 Å². The van der Waals surface area contributed by atoms with E-state index in [4.69, 9.17) is 4.43 Å². The number of hydrogen-bond acceptors (Lipinski definition) is 1. The molecule has 0 N–H and O–H groups in total. The van der Waals surface area contributed by atoms with Gasteiger partial charge in [-0.05, 0) is 25.2 Å². The van der Waals surface area contributed by atoms with Crippen LogP contribution in [0, 0.1) is 5.92 Å². The quantitative estimate of drug-likeness (QED) is 0.154. The Labute approximate surface area is 170 Å². The normalized spacial score (nSPS) is 13.4. The maximum Gasteiger partial charge on any atom is 0.146 e. The molecule has 158 valence electrons. The van der Waals surface area contributed by atoms with E-state index in [1.807, 2.05) is 0 Å².